The number of hydrogen-bond acceptors (Lipinski definition) is 6. The normalized spacial score (nSPS) is 15.9. The van der Waals surface area contributed by atoms with Crippen molar-refractivity contribution in [3.8, 4) is 0 Å². The number of unbranched alkanes of at least 4 members (excludes halogenated alkanes) is 17. The molecule has 54 heavy (non-hydrogen) atoms. The van der Waals surface area contributed by atoms with Crippen LogP contribution in [0.5, 0.6) is 0 Å². The van der Waals surface area contributed by atoms with E-state index in [4.69, 9.17) is 0 Å². The summed E-state index contributed by atoms with van der Waals surface area (Å²) >= 11 is 0. The Bertz CT molecular complexity index is 1200. The first-order valence-corrected chi connectivity index (χ1v) is 20.3. The molecule has 1 atom stereocenters. The molecule has 0 amide bonds. The van der Waals surface area contributed by atoms with Crippen LogP contribution in [0.2, 0.25) is 0 Å². The van der Waals surface area contributed by atoms with Crippen molar-refractivity contribution in [3.05, 3.63) is 0 Å². The molecule has 0 aromatic heterocycles. The highest BCUT2D eigenvalue weighted by Gasteiger charge is 2.95. The van der Waals surface area contributed by atoms with E-state index < -0.39 is 75.6 Å². The molecule has 0 aromatic rings. The highest BCUT2D eigenvalue weighted by molar-refractivity contribution is 7.51. The fraction of sp³-hybridized carbons (Fsp3) is 1.00. The standard InChI is InChI=1S/C29H45F17O6P2/c30-22(31,23(32,33)24(34,35)25(36,37)26(38,39)27(40,41)28(42,43)29(44,45)46)21-52-54(50,51)20-18-16-14-12-10-8-6-4-2-1-3-5-7-9-11-13-15-17-19-53(47,48)49/h1-21H2,(H,50,51)(H2,47,48,49)/p-3. The van der Waals surface area contributed by atoms with Crippen molar-refractivity contribution in [2.45, 2.75) is 163 Å². The number of hydrogen-bond donors (Lipinski definition) is 0. The lowest BCUT2D eigenvalue weighted by atomic mass is 9.89. The Balaban J connectivity index is 4.59. The summed E-state index contributed by atoms with van der Waals surface area (Å²) < 4.78 is 252. The van der Waals surface area contributed by atoms with Crippen LogP contribution in [0.15, 0.2) is 0 Å². The van der Waals surface area contributed by atoms with E-state index in [1.165, 1.54) is 0 Å². The second-order valence-electron chi connectivity index (χ2n) is 13.0. The summed E-state index contributed by atoms with van der Waals surface area (Å²) in [5, 5.41) is 0. The Labute approximate surface area is 300 Å². The molecular weight excluding hydrogens is 829 g/mol. The Morgan fingerprint density at radius 3 is 0.870 bits per heavy atom. The third-order valence-corrected chi connectivity index (χ3v) is 10.6. The molecule has 0 heterocycles. The summed E-state index contributed by atoms with van der Waals surface area (Å²) in [4.78, 5) is 32.9. The summed E-state index contributed by atoms with van der Waals surface area (Å²) in [5.74, 6) is -57.8. The van der Waals surface area contributed by atoms with Gasteiger partial charge in [-0.15, -0.1) is 0 Å². The summed E-state index contributed by atoms with van der Waals surface area (Å²) in [5.41, 5.74) is 0. The van der Waals surface area contributed by atoms with Crippen LogP contribution in [0.1, 0.15) is 116 Å². The molecule has 0 aromatic carbocycles. The van der Waals surface area contributed by atoms with Gasteiger partial charge in [0.15, 0.2) is 0 Å². The molecule has 0 N–H and O–H groups in total. The highest BCUT2D eigenvalue weighted by Crippen LogP contribution is 2.64. The van der Waals surface area contributed by atoms with Gasteiger partial charge in [0, 0.05) is 6.16 Å². The first-order chi connectivity index (χ1) is 24.2. The molecule has 326 valence electrons. The molecule has 0 radical (unpaired) electrons. The monoisotopic (exact) mass is 871 g/mol. The molecule has 0 saturated carbocycles. The maximum Gasteiger partial charge on any atom is 0.460 e. The summed E-state index contributed by atoms with van der Waals surface area (Å²) in [6.07, 6.45) is 3.74. The first kappa shape index (κ1) is 53.1. The lowest BCUT2D eigenvalue weighted by Gasteiger charge is -2.43. The minimum absolute atomic E-state index is 0.0840. The van der Waals surface area contributed by atoms with E-state index >= 15 is 0 Å². The highest BCUT2D eigenvalue weighted by atomic mass is 31.2. The molecule has 1 unspecified atom stereocenters. The fourth-order valence-electron chi connectivity index (χ4n) is 4.97. The number of rotatable bonds is 30. The topological polar surface area (TPSA) is 113 Å². The Morgan fingerprint density at radius 2 is 0.593 bits per heavy atom. The van der Waals surface area contributed by atoms with E-state index in [1.807, 2.05) is 0 Å². The van der Waals surface area contributed by atoms with Crippen molar-refractivity contribution in [3.63, 3.8) is 0 Å². The van der Waals surface area contributed by atoms with Gasteiger partial charge in [-0.3, -0.25) is 0 Å². The van der Waals surface area contributed by atoms with E-state index in [1.54, 1.807) is 0 Å². The molecule has 25 heteroatoms. The summed E-state index contributed by atoms with van der Waals surface area (Å²) in [6, 6.07) is 0. The van der Waals surface area contributed by atoms with Gasteiger partial charge in [-0.05, 0) is 19.0 Å². The van der Waals surface area contributed by atoms with E-state index in [0.29, 0.717) is 32.1 Å². The average molecular weight is 872 g/mol. The fourth-order valence-corrected chi connectivity index (χ4v) is 6.68. The van der Waals surface area contributed by atoms with Crippen molar-refractivity contribution in [1.82, 2.24) is 0 Å². The molecule has 0 aliphatic heterocycles. The zero-order valence-corrected chi connectivity index (χ0v) is 30.4. The maximum atomic E-state index is 13.9. The van der Waals surface area contributed by atoms with E-state index in [2.05, 4.69) is 4.52 Å². The van der Waals surface area contributed by atoms with Crippen LogP contribution >= 0.6 is 15.2 Å². The largest absolute Gasteiger partial charge is 0.811 e. The van der Waals surface area contributed by atoms with Gasteiger partial charge in [-0.2, -0.15) is 74.6 Å². The first-order valence-electron chi connectivity index (χ1n) is 16.8. The smallest absolute Gasteiger partial charge is 0.460 e. The van der Waals surface area contributed by atoms with Crippen LogP contribution in [0.3, 0.4) is 0 Å². The van der Waals surface area contributed by atoms with E-state index in [0.717, 1.165) is 70.6 Å². The maximum absolute atomic E-state index is 13.9. The molecule has 0 bridgehead atoms. The Hall–Kier alpha value is -0.890. The van der Waals surface area contributed by atoms with Gasteiger partial charge in [0.25, 0.3) is 0 Å². The van der Waals surface area contributed by atoms with Crippen LogP contribution in [0.4, 0.5) is 74.6 Å². The quantitative estimate of drug-likeness (QED) is 0.0404. The van der Waals surface area contributed by atoms with E-state index in [9.17, 15) is 98.4 Å². The molecular formula is C29H42F17O6P2-3. The average Bonchev–Trinajstić information content (AvgIpc) is 3.01. The molecule has 0 spiro atoms. The lowest BCUT2D eigenvalue weighted by Crippen LogP contribution is -2.74. The van der Waals surface area contributed by atoms with Crippen LogP contribution in [0, 0.1) is 0 Å². The second-order valence-corrected chi connectivity index (χ2v) is 16.6. The van der Waals surface area contributed by atoms with Gasteiger partial charge in [0.1, 0.15) is 14.2 Å². The van der Waals surface area contributed by atoms with Crippen molar-refractivity contribution in [1.29, 1.82) is 0 Å². The zero-order chi connectivity index (χ0) is 42.6. The predicted octanol–water partition coefficient (Wildman–Crippen LogP) is 10.5. The van der Waals surface area contributed by atoms with Gasteiger partial charge in [0.2, 0.25) is 0 Å². The van der Waals surface area contributed by atoms with Crippen molar-refractivity contribution < 1.29 is 103 Å². The van der Waals surface area contributed by atoms with Crippen LogP contribution in [0.25, 0.3) is 0 Å². The van der Waals surface area contributed by atoms with Crippen molar-refractivity contribution in [2.24, 2.45) is 0 Å². The Kier molecular flexibility index (Phi) is 20.4. The summed E-state index contributed by atoms with van der Waals surface area (Å²) in [7, 11) is -10.1. The third-order valence-electron chi connectivity index (χ3n) is 8.34. The molecule has 0 rings (SSSR count). The van der Waals surface area contributed by atoms with Gasteiger partial charge >= 0.3 is 47.6 Å². The van der Waals surface area contributed by atoms with Crippen LogP contribution < -0.4 is 14.7 Å². The number of alkyl halides is 17. The number of halogens is 17. The van der Waals surface area contributed by atoms with Crippen LogP contribution in [-0.2, 0) is 13.7 Å². The third kappa shape index (κ3) is 14.5. The van der Waals surface area contributed by atoms with E-state index in [-0.39, 0.29) is 19.0 Å². The van der Waals surface area contributed by atoms with Crippen LogP contribution in [-0.4, -0.2) is 66.6 Å². The molecule has 0 saturated heterocycles. The van der Waals surface area contributed by atoms with Gasteiger partial charge in [-0.1, -0.05) is 110 Å². The molecule has 6 nitrogen and oxygen atoms in total. The lowest BCUT2D eigenvalue weighted by molar-refractivity contribution is -0.462. The van der Waals surface area contributed by atoms with Crippen molar-refractivity contribution in [2.75, 3.05) is 18.9 Å². The molecule has 0 aliphatic carbocycles. The SMILES string of the molecule is O=P([O-])([O-])CCCCCCCCCCCCCCCCCCCCP(=O)([O-])OCC(F)(F)C(F)(F)C(F)(F)C(F)(F)C(F)(F)C(F)(F)C(F)(F)C(F)(F)F. The predicted molar refractivity (Wildman–Crippen MR) is 155 cm³/mol. The second kappa shape index (κ2) is 20.7. The minimum atomic E-state index is -8.76. The Morgan fingerprint density at radius 1 is 0.352 bits per heavy atom. The van der Waals surface area contributed by atoms with Gasteiger partial charge in [0.05, 0.1) is 0 Å². The summed E-state index contributed by atoms with van der Waals surface area (Å²) in [6.45, 7) is -3.46. The van der Waals surface area contributed by atoms with Crippen molar-refractivity contribution >= 4 is 15.2 Å². The zero-order valence-electron chi connectivity index (χ0n) is 28.6. The van der Waals surface area contributed by atoms with Gasteiger partial charge < -0.3 is 28.3 Å². The minimum Gasteiger partial charge on any atom is -0.811 e. The molecule has 0 fully saturated rings. The van der Waals surface area contributed by atoms with Gasteiger partial charge in [-0.25, -0.2) is 0 Å². The molecule has 0 aliphatic rings.